The largest absolute Gasteiger partial charge is 0.497 e. The second-order valence-electron chi connectivity index (χ2n) is 7.19. The van der Waals surface area contributed by atoms with Crippen LogP contribution in [-0.2, 0) is 11.3 Å². The Labute approximate surface area is 177 Å². The summed E-state index contributed by atoms with van der Waals surface area (Å²) in [4.78, 5) is 29.4. The van der Waals surface area contributed by atoms with Gasteiger partial charge in [-0.15, -0.1) is 0 Å². The summed E-state index contributed by atoms with van der Waals surface area (Å²) < 4.78 is 10.5. The number of hydrogen-bond donors (Lipinski definition) is 1. The van der Waals surface area contributed by atoms with E-state index in [1.54, 1.807) is 43.4 Å². The second kappa shape index (κ2) is 10.6. The van der Waals surface area contributed by atoms with Crippen LogP contribution in [0.2, 0.25) is 0 Å². The predicted octanol–water partition coefficient (Wildman–Crippen LogP) is 2.17. The molecule has 30 heavy (non-hydrogen) atoms. The van der Waals surface area contributed by atoms with E-state index in [1.165, 1.54) is 0 Å². The van der Waals surface area contributed by atoms with Gasteiger partial charge in [0.2, 0.25) is 5.91 Å². The van der Waals surface area contributed by atoms with Crippen molar-refractivity contribution in [1.29, 1.82) is 0 Å². The van der Waals surface area contributed by atoms with Gasteiger partial charge in [-0.25, -0.2) is 0 Å². The standard InChI is InChI=1S/C23H29N3O4/c1-29-20-8-6-19(7-9-20)23(28)26(17-18-4-3-5-21(16-18)30-2)13-10-22(27)25-14-11-24-12-15-25/h3-9,16,24H,10-15,17H2,1-2H3. The molecule has 1 fully saturated rings. The molecule has 1 aliphatic rings. The van der Waals surface area contributed by atoms with Crippen molar-refractivity contribution in [3.8, 4) is 11.5 Å². The Balaban J connectivity index is 1.74. The van der Waals surface area contributed by atoms with Crippen LogP contribution in [0.15, 0.2) is 48.5 Å². The van der Waals surface area contributed by atoms with Crippen molar-refractivity contribution in [3.05, 3.63) is 59.7 Å². The normalized spacial score (nSPS) is 13.6. The Morgan fingerprint density at radius 2 is 1.70 bits per heavy atom. The summed E-state index contributed by atoms with van der Waals surface area (Å²) >= 11 is 0. The predicted molar refractivity (Wildman–Crippen MR) is 115 cm³/mol. The van der Waals surface area contributed by atoms with Crippen LogP contribution in [0.1, 0.15) is 22.3 Å². The molecule has 160 valence electrons. The fourth-order valence-electron chi connectivity index (χ4n) is 3.46. The Hall–Kier alpha value is -3.06. The molecule has 0 atom stereocenters. The molecule has 0 spiro atoms. The molecule has 3 rings (SSSR count). The lowest BCUT2D eigenvalue weighted by Gasteiger charge is -2.29. The smallest absolute Gasteiger partial charge is 0.254 e. The highest BCUT2D eigenvalue weighted by Crippen LogP contribution is 2.18. The lowest BCUT2D eigenvalue weighted by atomic mass is 10.1. The number of hydrogen-bond acceptors (Lipinski definition) is 5. The van der Waals surface area contributed by atoms with Crippen LogP contribution >= 0.6 is 0 Å². The van der Waals surface area contributed by atoms with Gasteiger partial charge in [-0.2, -0.15) is 0 Å². The van der Waals surface area contributed by atoms with Crippen LogP contribution < -0.4 is 14.8 Å². The van der Waals surface area contributed by atoms with Gasteiger partial charge >= 0.3 is 0 Å². The Bertz CT molecular complexity index is 848. The SMILES string of the molecule is COc1ccc(C(=O)N(CCC(=O)N2CCNCC2)Cc2cccc(OC)c2)cc1. The Kier molecular flexibility index (Phi) is 7.68. The highest BCUT2D eigenvalue weighted by Gasteiger charge is 2.21. The third-order valence-corrected chi connectivity index (χ3v) is 5.20. The molecule has 2 amide bonds. The van der Waals surface area contributed by atoms with Crippen LogP contribution in [-0.4, -0.2) is 68.6 Å². The van der Waals surface area contributed by atoms with Gasteiger partial charge in [0.05, 0.1) is 14.2 Å². The van der Waals surface area contributed by atoms with Crippen LogP contribution in [0.25, 0.3) is 0 Å². The monoisotopic (exact) mass is 411 g/mol. The molecule has 0 unspecified atom stereocenters. The average Bonchev–Trinajstić information content (AvgIpc) is 2.81. The van der Waals surface area contributed by atoms with E-state index in [-0.39, 0.29) is 11.8 Å². The highest BCUT2D eigenvalue weighted by molar-refractivity contribution is 5.94. The number of amides is 2. The average molecular weight is 412 g/mol. The maximum Gasteiger partial charge on any atom is 0.254 e. The van der Waals surface area contributed by atoms with E-state index in [2.05, 4.69) is 5.32 Å². The molecule has 1 saturated heterocycles. The van der Waals surface area contributed by atoms with E-state index in [9.17, 15) is 9.59 Å². The van der Waals surface area contributed by atoms with Gasteiger partial charge in [0.25, 0.3) is 5.91 Å². The zero-order valence-electron chi connectivity index (χ0n) is 17.6. The quantitative estimate of drug-likeness (QED) is 0.721. The molecule has 0 radical (unpaired) electrons. The van der Waals surface area contributed by atoms with Crippen molar-refractivity contribution in [3.63, 3.8) is 0 Å². The van der Waals surface area contributed by atoms with Crippen molar-refractivity contribution >= 4 is 11.8 Å². The van der Waals surface area contributed by atoms with Crippen LogP contribution in [0.5, 0.6) is 11.5 Å². The topological polar surface area (TPSA) is 71.1 Å². The van der Waals surface area contributed by atoms with Crippen LogP contribution in [0.3, 0.4) is 0 Å². The minimum absolute atomic E-state index is 0.0784. The molecule has 2 aromatic rings. The first-order chi connectivity index (χ1) is 14.6. The van der Waals surface area contributed by atoms with E-state index >= 15 is 0 Å². The summed E-state index contributed by atoms with van der Waals surface area (Å²) in [7, 11) is 3.21. The number of piperazine rings is 1. The number of ether oxygens (including phenoxy) is 2. The van der Waals surface area contributed by atoms with Gasteiger partial charge in [-0.1, -0.05) is 12.1 Å². The fourth-order valence-corrected chi connectivity index (χ4v) is 3.46. The summed E-state index contributed by atoms with van der Waals surface area (Å²) in [5, 5.41) is 3.25. The van der Waals surface area contributed by atoms with E-state index in [0.717, 1.165) is 24.4 Å². The molecule has 0 aromatic heterocycles. The number of rotatable bonds is 8. The number of carbonyl (C=O) groups is 2. The lowest BCUT2D eigenvalue weighted by Crippen LogP contribution is -2.47. The Morgan fingerprint density at radius 1 is 1.00 bits per heavy atom. The van der Waals surface area contributed by atoms with Gasteiger partial charge in [-0.05, 0) is 42.0 Å². The first-order valence-corrected chi connectivity index (χ1v) is 10.2. The first kappa shape index (κ1) is 21.6. The minimum Gasteiger partial charge on any atom is -0.497 e. The summed E-state index contributed by atoms with van der Waals surface area (Å²) in [5.74, 6) is 1.39. The van der Waals surface area contributed by atoms with Gasteiger partial charge < -0.3 is 24.6 Å². The van der Waals surface area contributed by atoms with Gasteiger partial charge in [0, 0.05) is 51.3 Å². The summed E-state index contributed by atoms with van der Waals surface area (Å²) in [6.45, 7) is 3.79. The number of methoxy groups -OCH3 is 2. The number of nitrogens with one attached hydrogen (secondary N) is 1. The number of benzene rings is 2. The van der Waals surface area contributed by atoms with E-state index in [4.69, 9.17) is 9.47 Å². The fraction of sp³-hybridized carbons (Fsp3) is 0.391. The molecular formula is C23H29N3O4. The number of carbonyl (C=O) groups excluding carboxylic acids is 2. The van der Waals surface area contributed by atoms with Crippen molar-refractivity contribution in [1.82, 2.24) is 15.1 Å². The van der Waals surface area contributed by atoms with Crippen LogP contribution in [0.4, 0.5) is 0 Å². The van der Waals surface area contributed by atoms with Gasteiger partial charge in [0.15, 0.2) is 0 Å². The molecular weight excluding hydrogens is 382 g/mol. The van der Waals surface area contributed by atoms with Crippen molar-refractivity contribution < 1.29 is 19.1 Å². The second-order valence-corrected chi connectivity index (χ2v) is 7.19. The zero-order chi connectivity index (χ0) is 21.3. The minimum atomic E-state index is -0.117. The molecule has 0 aliphatic carbocycles. The van der Waals surface area contributed by atoms with E-state index < -0.39 is 0 Å². The molecule has 1 N–H and O–H groups in total. The van der Waals surface area contributed by atoms with E-state index in [0.29, 0.717) is 43.9 Å². The summed E-state index contributed by atoms with van der Waals surface area (Å²) in [5.41, 5.74) is 1.51. The third kappa shape index (κ3) is 5.73. The number of nitrogens with zero attached hydrogens (tertiary/aromatic N) is 2. The summed E-state index contributed by atoms with van der Waals surface area (Å²) in [6.07, 6.45) is 0.297. The highest BCUT2D eigenvalue weighted by atomic mass is 16.5. The van der Waals surface area contributed by atoms with E-state index in [1.807, 2.05) is 29.2 Å². The Morgan fingerprint density at radius 3 is 2.37 bits per heavy atom. The zero-order valence-corrected chi connectivity index (χ0v) is 17.6. The van der Waals surface area contributed by atoms with Gasteiger partial charge in [0.1, 0.15) is 11.5 Å². The molecule has 2 aromatic carbocycles. The van der Waals surface area contributed by atoms with Crippen molar-refractivity contribution in [2.24, 2.45) is 0 Å². The maximum atomic E-state index is 13.2. The first-order valence-electron chi connectivity index (χ1n) is 10.2. The maximum absolute atomic E-state index is 13.2. The third-order valence-electron chi connectivity index (χ3n) is 5.20. The molecule has 7 nitrogen and oxygen atoms in total. The lowest BCUT2D eigenvalue weighted by molar-refractivity contribution is -0.132. The molecule has 1 aliphatic heterocycles. The van der Waals surface area contributed by atoms with Crippen molar-refractivity contribution in [2.45, 2.75) is 13.0 Å². The van der Waals surface area contributed by atoms with Crippen LogP contribution in [0, 0.1) is 0 Å². The molecule has 7 heteroatoms. The molecule has 1 heterocycles. The summed E-state index contributed by atoms with van der Waals surface area (Å²) in [6, 6.07) is 14.7. The molecule has 0 saturated carbocycles. The molecule has 0 bridgehead atoms. The van der Waals surface area contributed by atoms with Gasteiger partial charge in [-0.3, -0.25) is 9.59 Å². The van der Waals surface area contributed by atoms with Crippen molar-refractivity contribution in [2.75, 3.05) is 46.9 Å².